The number of aromatic amines is 1. The number of rotatable bonds is 1. The summed E-state index contributed by atoms with van der Waals surface area (Å²) in [7, 11) is 0. The Morgan fingerprint density at radius 2 is 1.96 bits per heavy atom. The largest absolute Gasteiger partial charge is 0.306 e. The van der Waals surface area contributed by atoms with E-state index in [0.717, 1.165) is 31.2 Å². The van der Waals surface area contributed by atoms with Gasteiger partial charge >= 0.3 is 0 Å². The SMILES string of the molecule is O=c1[nH]c(-c2c(F)cccc2Cl)nc2sc3c(c12)CCCCCC3. The third kappa shape index (κ3) is 2.66. The first kappa shape index (κ1) is 15.8. The zero-order chi connectivity index (χ0) is 16.7. The number of hydrogen-bond donors (Lipinski definition) is 1. The molecule has 2 heterocycles. The van der Waals surface area contributed by atoms with E-state index in [1.165, 1.54) is 29.9 Å². The number of fused-ring (bicyclic) bond motifs is 3. The number of hydrogen-bond acceptors (Lipinski definition) is 3. The number of nitrogens with one attached hydrogen (secondary N) is 1. The van der Waals surface area contributed by atoms with E-state index in [1.807, 2.05) is 0 Å². The van der Waals surface area contributed by atoms with Crippen LogP contribution in [0.5, 0.6) is 0 Å². The van der Waals surface area contributed by atoms with Crippen LogP contribution >= 0.6 is 22.9 Å². The fourth-order valence-corrected chi connectivity index (χ4v) is 4.87. The van der Waals surface area contributed by atoms with Crippen molar-refractivity contribution in [1.29, 1.82) is 0 Å². The first-order valence-electron chi connectivity index (χ1n) is 8.14. The molecule has 0 saturated carbocycles. The van der Waals surface area contributed by atoms with E-state index in [0.29, 0.717) is 10.2 Å². The van der Waals surface area contributed by atoms with Gasteiger partial charge in [0.25, 0.3) is 5.56 Å². The third-order valence-electron chi connectivity index (χ3n) is 4.52. The van der Waals surface area contributed by atoms with Gasteiger partial charge in [0.05, 0.1) is 16.0 Å². The Hall–Kier alpha value is -1.72. The summed E-state index contributed by atoms with van der Waals surface area (Å²) in [5.41, 5.74) is 1.08. The normalized spacial score (nSPS) is 15.1. The average molecular weight is 363 g/mol. The molecule has 0 saturated heterocycles. The molecule has 124 valence electrons. The minimum Gasteiger partial charge on any atom is -0.306 e. The van der Waals surface area contributed by atoms with Crippen LogP contribution in [0.3, 0.4) is 0 Å². The topological polar surface area (TPSA) is 45.8 Å². The van der Waals surface area contributed by atoms with Crippen LogP contribution in [-0.4, -0.2) is 9.97 Å². The van der Waals surface area contributed by atoms with Crippen molar-refractivity contribution in [3.63, 3.8) is 0 Å². The molecule has 6 heteroatoms. The molecule has 0 aliphatic heterocycles. The van der Waals surface area contributed by atoms with Gasteiger partial charge in [-0.15, -0.1) is 11.3 Å². The quantitative estimate of drug-likeness (QED) is 0.654. The van der Waals surface area contributed by atoms with Gasteiger partial charge in [-0.25, -0.2) is 9.37 Å². The Labute approximate surface area is 147 Å². The van der Waals surface area contributed by atoms with E-state index >= 15 is 0 Å². The van der Waals surface area contributed by atoms with Crippen LogP contribution in [0.15, 0.2) is 23.0 Å². The average Bonchev–Trinajstić information content (AvgIpc) is 2.84. The maximum atomic E-state index is 14.2. The fourth-order valence-electron chi connectivity index (χ4n) is 3.36. The van der Waals surface area contributed by atoms with Crippen LogP contribution in [0.25, 0.3) is 21.6 Å². The molecule has 1 aromatic carbocycles. The van der Waals surface area contributed by atoms with Crippen LogP contribution in [-0.2, 0) is 12.8 Å². The van der Waals surface area contributed by atoms with Crippen LogP contribution in [0.1, 0.15) is 36.1 Å². The van der Waals surface area contributed by atoms with E-state index in [4.69, 9.17) is 11.6 Å². The number of benzene rings is 1. The number of aromatic nitrogens is 2. The van der Waals surface area contributed by atoms with E-state index in [-0.39, 0.29) is 22.0 Å². The molecular formula is C18H16ClFN2OS. The predicted octanol–water partition coefficient (Wildman–Crippen LogP) is 5.10. The molecule has 0 atom stereocenters. The Balaban J connectivity index is 1.94. The lowest BCUT2D eigenvalue weighted by Crippen LogP contribution is -2.11. The molecule has 0 amide bonds. The molecule has 1 aliphatic carbocycles. The Bertz CT molecular complexity index is 959. The summed E-state index contributed by atoms with van der Waals surface area (Å²) in [6.45, 7) is 0. The monoisotopic (exact) mass is 362 g/mol. The van der Waals surface area contributed by atoms with Crippen LogP contribution in [0, 0.1) is 5.82 Å². The van der Waals surface area contributed by atoms with Gasteiger partial charge in [-0.05, 0) is 43.4 Å². The summed E-state index contributed by atoms with van der Waals surface area (Å²) in [5, 5.41) is 0.917. The second-order valence-electron chi connectivity index (χ2n) is 6.11. The summed E-state index contributed by atoms with van der Waals surface area (Å²) in [4.78, 5) is 21.9. The molecule has 24 heavy (non-hydrogen) atoms. The third-order valence-corrected chi connectivity index (χ3v) is 6.03. The standard InChI is InChI=1S/C18H16ClFN2OS/c19-11-7-5-8-12(20)15(11)16-21-17(23)14-10-6-3-1-2-4-9-13(10)24-18(14)22-16/h5,7-8H,1-4,6,9H2,(H,21,22,23). The number of H-pyrrole nitrogens is 1. The van der Waals surface area contributed by atoms with Crippen LogP contribution < -0.4 is 5.56 Å². The van der Waals surface area contributed by atoms with Gasteiger partial charge in [0.1, 0.15) is 16.5 Å². The maximum Gasteiger partial charge on any atom is 0.260 e. The highest BCUT2D eigenvalue weighted by Gasteiger charge is 2.20. The first-order chi connectivity index (χ1) is 11.6. The van der Waals surface area contributed by atoms with E-state index in [9.17, 15) is 9.18 Å². The maximum absolute atomic E-state index is 14.2. The molecule has 0 radical (unpaired) electrons. The van der Waals surface area contributed by atoms with Crippen LogP contribution in [0.2, 0.25) is 5.02 Å². The summed E-state index contributed by atoms with van der Waals surface area (Å²) < 4.78 is 14.2. The number of nitrogens with zero attached hydrogens (tertiary/aromatic N) is 1. The van der Waals surface area contributed by atoms with E-state index in [2.05, 4.69) is 9.97 Å². The minimum atomic E-state index is -0.486. The molecule has 3 nitrogen and oxygen atoms in total. The number of aryl methyl sites for hydroxylation is 2. The second-order valence-corrected chi connectivity index (χ2v) is 7.60. The second kappa shape index (κ2) is 6.30. The highest BCUT2D eigenvalue weighted by Crippen LogP contribution is 2.34. The Morgan fingerprint density at radius 1 is 1.17 bits per heavy atom. The number of halogens is 2. The van der Waals surface area contributed by atoms with Crippen molar-refractivity contribution in [3.8, 4) is 11.4 Å². The molecule has 1 aliphatic rings. The van der Waals surface area contributed by atoms with Gasteiger partial charge < -0.3 is 4.98 Å². The summed E-state index contributed by atoms with van der Waals surface area (Å²) in [6, 6.07) is 4.45. The van der Waals surface area contributed by atoms with Crippen molar-refractivity contribution in [2.75, 3.05) is 0 Å². The first-order valence-corrected chi connectivity index (χ1v) is 9.33. The smallest absolute Gasteiger partial charge is 0.260 e. The zero-order valence-electron chi connectivity index (χ0n) is 13.0. The van der Waals surface area contributed by atoms with Gasteiger partial charge in [-0.2, -0.15) is 0 Å². The summed E-state index contributed by atoms with van der Waals surface area (Å²) >= 11 is 7.67. The van der Waals surface area contributed by atoms with Gasteiger partial charge in [-0.3, -0.25) is 4.79 Å². The summed E-state index contributed by atoms with van der Waals surface area (Å²) in [5.74, 6) is -0.287. The molecule has 2 aromatic heterocycles. The number of thiophene rings is 1. The van der Waals surface area contributed by atoms with Gasteiger partial charge in [0.2, 0.25) is 0 Å². The van der Waals surface area contributed by atoms with E-state index in [1.54, 1.807) is 17.4 Å². The van der Waals surface area contributed by atoms with Gasteiger partial charge in [0, 0.05) is 4.88 Å². The molecule has 0 unspecified atom stereocenters. The minimum absolute atomic E-state index is 0.152. The van der Waals surface area contributed by atoms with E-state index < -0.39 is 5.82 Å². The van der Waals surface area contributed by atoms with Crippen LogP contribution in [0.4, 0.5) is 4.39 Å². The molecule has 3 aromatic rings. The van der Waals surface area contributed by atoms with Crippen molar-refractivity contribution in [2.45, 2.75) is 38.5 Å². The molecule has 1 N–H and O–H groups in total. The van der Waals surface area contributed by atoms with Crippen molar-refractivity contribution < 1.29 is 4.39 Å². The predicted molar refractivity (Wildman–Crippen MR) is 96.5 cm³/mol. The lowest BCUT2D eigenvalue weighted by molar-refractivity contribution is 0.623. The van der Waals surface area contributed by atoms with Crippen molar-refractivity contribution in [2.24, 2.45) is 0 Å². The summed E-state index contributed by atoms with van der Waals surface area (Å²) in [6.07, 6.45) is 6.58. The molecular weight excluding hydrogens is 347 g/mol. The van der Waals surface area contributed by atoms with Gasteiger partial charge in [0.15, 0.2) is 0 Å². The Morgan fingerprint density at radius 3 is 2.75 bits per heavy atom. The highest BCUT2D eigenvalue weighted by molar-refractivity contribution is 7.18. The van der Waals surface area contributed by atoms with Crippen molar-refractivity contribution in [3.05, 3.63) is 49.8 Å². The highest BCUT2D eigenvalue weighted by atomic mass is 35.5. The van der Waals surface area contributed by atoms with Crippen molar-refractivity contribution >= 4 is 33.2 Å². The molecule has 0 spiro atoms. The zero-order valence-corrected chi connectivity index (χ0v) is 14.6. The lowest BCUT2D eigenvalue weighted by Gasteiger charge is -2.09. The molecule has 4 rings (SSSR count). The lowest BCUT2D eigenvalue weighted by atomic mass is 9.98. The van der Waals surface area contributed by atoms with Crippen molar-refractivity contribution in [1.82, 2.24) is 9.97 Å². The van der Waals surface area contributed by atoms with Gasteiger partial charge in [-0.1, -0.05) is 30.5 Å². The molecule has 0 bridgehead atoms. The Kier molecular flexibility index (Phi) is 4.14. The molecule has 0 fully saturated rings. The fraction of sp³-hybridized carbons (Fsp3) is 0.333.